The van der Waals surface area contributed by atoms with Gasteiger partial charge in [-0.1, -0.05) is 6.92 Å². The topological polar surface area (TPSA) is 38.0 Å². The Labute approximate surface area is 86.6 Å². The molecule has 0 aromatic rings. The van der Waals surface area contributed by atoms with Crippen molar-refractivity contribution in [3.05, 3.63) is 0 Å². The van der Waals surface area contributed by atoms with E-state index in [2.05, 4.69) is 12.2 Å². The Bertz CT molecular complexity index is 226. The smallest absolute Gasteiger partial charge is 0.0110 e. The second-order valence-electron chi connectivity index (χ2n) is 5.80. The van der Waals surface area contributed by atoms with Crippen LogP contribution in [0.1, 0.15) is 32.6 Å². The molecule has 3 saturated carbocycles. The van der Waals surface area contributed by atoms with Gasteiger partial charge in [-0.2, -0.15) is 0 Å². The Hall–Kier alpha value is -0.0800. The van der Waals surface area contributed by atoms with Crippen LogP contribution in [0.4, 0.5) is 0 Å². The first-order valence-corrected chi connectivity index (χ1v) is 6.24. The average Bonchev–Trinajstić information content (AvgIpc) is 2.64. The van der Waals surface area contributed by atoms with Crippen molar-refractivity contribution in [3.8, 4) is 0 Å². The van der Waals surface area contributed by atoms with Gasteiger partial charge in [0.2, 0.25) is 0 Å². The Balaban J connectivity index is 1.52. The van der Waals surface area contributed by atoms with Gasteiger partial charge in [0.05, 0.1) is 0 Å². The first-order valence-electron chi connectivity index (χ1n) is 6.24. The molecule has 0 spiro atoms. The average molecular weight is 194 g/mol. The van der Waals surface area contributed by atoms with Crippen molar-refractivity contribution in [2.24, 2.45) is 29.4 Å². The molecule has 0 aliphatic heterocycles. The Morgan fingerprint density at radius 3 is 2.50 bits per heavy atom. The van der Waals surface area contributed by atoms with Crippen LogP contribution in [0.25, 0.3) is 0 Å². The van der Waals surface area contributed by atoms with E-state index in [1.807, 2.05) is 0 Å². The highest BCUT2D eigenvalue weighted by Crippen LogP contribution is 2.47. The number of fused-ring (bicyclic) bond motifs is 2. The molecule has 3 aliphatic rings. The fraction of sp³-hybridized carbons (Fsp3) is 1.00. The lowest BCUT2D eigenvalue weighted by Crippen LogP contribution is -2.41. The number of hydrogen-bond acceptors (Lipinski definition) is 2. The van der Waals surface area contributed by atoms with Gasteiger partial charge in [-0.15, -0.1) is 0 Å². The first kappa shape index (κ1) is 9.17. The third-order valence-electron chi connectivity index (χ3n) is 4.88. The molecule has 2 nitrogen and oxygen atoms in total. The van der Waals surface area contributed by atoms with Crippen molar-refractivity contribution in [2.75, 3.05) is 6.54 Å². The standard InChI is InChI=1S/C12H22N2/c1-7-4-11(7)14-6-10-8-2-3-9(5-8)12(10)13/h7-12,14H,2-6,13H2,1H3. The minimum Gasteiger partial charge on any atom is -0.327 e. The monoisotopic (exact) mass is 194 g/mol. The van der Waals surface area contributed by atoms with E-state index in [0.717, 1.165) is 29.7 Å². The SMILES string of the molecule is CC1CC1NCC1C2CCC(C2)C1N. The molecule has 0 aromatic carbocycles. The van der Waals surface area contributed by atoms with E-state index in [-0.39, 0.29) is 0 Å². The molecule has 6 unspecified atom stereocenters. The second-order valence-corrected chi connectivity index (χ2v) is 5.80. The molecule has 0 saturated heterocycles. The lowest BCUT2D eigenvalue weighted by Gasteiger charge is -2.28. The zero-order valence-corrected chi connectivity index (χ0v) is 9.08. The second kappa shape index (κ2) is 3.21. The molecule has 0 radical (unpaired) electrons. The lowest BCUT2D eigenvalue weighted by molar-refractivity contribution is 0.277. The number of hydrogen-bond donors (Lipinski definition) is 2. The largest absolute Gasteiger partial charge is 0.327 e. The molecule has 0 heterocycles. The summed E-state index contributed by atoms with van der Waals surface area (Å²) in [4.78, 5) is 0. The summed E-state index contributed by atoms with van der Waals surface area (Å²) in [7, 11) is 0. The molecule has 2 bridgehead atoms. The minimum absolute atomic E-state index is 0.510. The molecule has 0 aromatic heterocycles. The fourth-order valence-electron chi connectivity index (χ4n) is 3.65. The summed E-state index contributed by atoms with van der Waals surface area (Å²) in [5, 5.41) is 3.68. The van der Waals surface area contributed by atoms with Crippen molar-refractivity contribution in [3.63, 3.8) is 0 Å². The fourth-order valence-corrected chi connectivity index (χ4v) is 3.65. The van der Waals surface area contributed by atoms with Crippen LogP contribution in [-0.2, 0) is 0 Å². The highest BCUT2D eigenvalue weighted by atomic mass is 15.0. The molecule has 0 amide bonds. The van der Waals surface area contributed by atoms with Gasteiger partial charge in [0.25, 0.3) is 0 Å². The van der Waals surface area contributed by atoms with Gasteiger partial charge in [0, 0.05) is 12.1 Å². The maximum Gasteiger partial charge on any atom is 0.0110 e. The van der Waals surface area contributed by atoms with Crippen LogP contribution >= 0.6 is 0 Å². The van der Waals surface area contributed by atoms with E-state index in [1.54, 1.807) is 0 Å². The quantitative estimate of drug-likeness (QED) is 0.712. The molecular weight excluding hydrogens is 172 g/mol. The van der Waals surface area contributed by atoms with E-state index < -0.39 is 0 Å². The van der Waals surface area contributed by atoms with E-state index >= 15 is 0 Å². The molecule has 80 valence electrons. The van der Waals surface area contributed by atoms with Crippen molar-refractivity contribution in [1.82, 2.24) is 5.32 Å². The molecule has 3 N–H and O–H groups in total. The normalized spacial score (nSPS) is 55.3. The lowest BCUT2D eigenvalue weighted by atomic mass is 9.85. The van der Waals surface area contributed by atoms with Gasteiger partial charge >= 0.3 is 0 Å². The van der Waals surface area contributed by atoms with Crippen molar-refractivity contribution in [2.45, 2.75) is 44.7 Å². The summed E-state index contributed by atoms with van der Waals surface area (Å²) < 4.78 is 0. The van der Waals surface area contributed by atoms with Crippen LogP contribution in [0, 0.1) is 23.7 Å². The number of nitrogens with two attached hydrogens (primary N) is 1. The first-order chi connectivity index (χ1) is 6.75. The van der Waals surface area contributed by atoms with Crippen molar-refractivity contribution >= 4 is 0 Å². The predicted molar refractivity (Wildman–Crippen MR) is 57.9 cm³/mol. The molecule has 3 rings (SSSR count). The van der Waals surface area contributed by atoms with Crippen LogP contribution in [0.15, 0.2) is 0 Å². The Morgan fingerprint density at radius 1 is 1.21 bits per heavy atom. The highest BCUT2D eigenvalue weighted by molar-refractivity contribution is 5.01. The molecular formula is C12H22N2. The predicted octanol–water partition coefficient (Wildman–Crippen LogP) is 1.36. The minimum atomic E-state index is 0.510. The van der Waals surface area contributed by atoms with Crippen LogP contribution in [0.5, 0.6) is 0 Å². The zero-order chi connectivity index (χ0) is 9.71. The summed E-state index contributed by atoms with van der Waals surface area (Å²) >= 11 is 0. The van der Waals surface area contributed by atoms with Gasteiger partial charge in [0.1, 0.15) is 0 Å². The van der Waals surface area contributed by atoms with Crippen LogP contribution in [0.3, 0.4) is 0 Å². The van der Waals surface area contributed by atoms with Gasteiger partial charge in [-0.25, -0.2) is 0 Å². The summed E-state index contributed by atoms with van der Waals surface area (Å²) in [5.41, 5.74) is 6.27. The van der Waals surface area contributed by atoms with E-state index in [1.165, 1.54) is 32.2 Å². The summed E-state index contributed by atoms with van der Waals surface area (Å²) in [5.74, 6) is 3.53. The van der Waals surface area contributed by atoms with Gasteiger partial charge < -0.3 is 11.1 Å². The highest BCUT2D eigenvalue weighted by Gasteiger charge is 2.46. The van der Waals surface area contributed by atoms with Crippen LogP contribution < -0.4 is 11.1 Å². The van der Waals surface area contributed by atoms with Crippen molar-refractivity contribution < 1.29 is 0 Å². The van der Waals surface area contributed by atoms with E-state index in [9.17, 15) is 0 Å². The molecule has 2 heteroatoms. The summed E-state index contributed by atoms with van der Waals surface area (Å²) in [6.07, 6.45) is 5.66. The van der Waals surface area contributed by atoms with E-state index in [0.29, 0.717) is 6.04 Å². The summed E-state index contributed by atoms with van der Waals surface area (Å²) in [6.45, 7) is 3.52. The molecule has 3 aliphatic carbocycles. The van der Waals surface area contributed by atoms with Crippen LogP contribution in [0.2, 0.25) is 0 Å². The van der Waals surface area contributed by atoms with Gasteiger partial charge in [-0.3, -0.25) is 0 Å². The number of nitrogens with one attached hydrogen (secondary N) is 1. The third kappa shape index (κ3) is 1.40. The van der Waals surface area contributed by atoms with Crippen molar-refractivity contribution in [1.29, 1.82) is 0 Å². The van der Waals surface area contributed by atoms with Gasteiger partial charge in [0.15, 0.2) is 0 Å². The summed E-state index contributed by atoms with van der Waals surface area (Å²) in [6, 6.07) is 1.33. The zero-order valence-electron chi connectivity index (χ0n) is 9.08. The third-order valence-corrected chi connectivity index (χ3v) is 4.88. The molecule has 6 atom stereocenters. The maximum absolute atomic E-state index is 6.27. The Kier molecular flexibility index (Phi) is 2.10. The van der Waals surface area contributed by atoms with Crippen LogP contribution in [-0.4, -0.2) is 18.6 Å². The maximum atomic E-state index is 6.27. The molecule has 14 heavy (non-hydrogen) atoms. The van der Waals surface area contributed by atoms with Gasteiger partial charge in [-0.05, 0) is 55.9 Å². The number of rotatable bonds is 3. The molecule has 3 fully saturated rings. The van der Waals surface area contributed by atoms with E-state index in [4.69, 9.17) is 5.73 Å². The Morgan fingerprint density at radius 2 is 1.93 bits per heavy atom.